The largest absolute Gasteiger partial charge is 0.511 e. The molecule has 0 rings (SSSR count). The molecule has 0 atom stereocenters. The van der Waals surface area contributed by atoms with Crippen LogP contribution in [0.1, 0.15) is 13.3 Å². The van der Waals surface area contributed by atoms with Crippen LogP contribution >= 0.6 is 0 Å². The van der Waals surface area contributed by atoms with Crippen LogP contribution in [0.5, 0.6) is 0 Å². The van der Waals surface area contributed by atoms with Crippen LogP contribution in [0.2, 0.25) is 0 Å². The SMILES string of the molecule is CCC[N+](C)(C)C.O=S(=O)(NC(F)(F)F)C(F)(F)F. The smallest absolute Gasteiger partial charge is 0.331 e. The van der Waals surface area contributed by atoms with E-state index in [4.69, 9.17) is 0 Å². The molecule has 0 aliphatic carbocycles. The van der Waals surface area contributed by atoms with Gasteiger partial charge >= 0.3 is 21.8 Å². The molecular formula is C8H17F6N2O2S+. The van der Waals surface area contributed by atoms with Gasteiger partial charge in [0, 0.05) is 0 Å². The summed E-state index contributed by atoms with van der Waals surface area (Å²) in [6, 6.07) is 0. The minimum absolute atomic E-state index is 0.517. The number of hydrogen-bond acceptors (Lipinski definition) is 2. The van der Waals surface area contributed by atoms with E-state index in [0.717, 1.165) is 4.48 Å². The third-order valence-electron chi connectivity index (χ3n) is 1.45. The molecule has 0 aromatic carbocycles. The van der Waals surface area contributed by atoms with Gasteiger partial charge in [-0.1, -0.05) is 6.92 Å². The molecule has 4 nitrogen and oxygen atoms in total. The Bertz CT molecular complexity index is 355. The first kappa shape index (κ1) is 20.8. The van der Waals surface area contributed by atoms with Crippen LogP contribution in [0, 0.1) is 0 Å². The molecule has 0 amide bonds. The van der Waals surface area contributed by atoms with Crippen LogP contribution in [0.25, 0.3) is 0 Å². The quantitative estimate of drug-likeness (QED) is 0.492. The van der Waals surface area contributed by atoms with Crippen LogP contribution < -0.4 is 4.72 Å². The molecule has 0 heterocycles. The molecule has 118 valence electrons. The number of halogens is 6. The maximum Gasteiger partial charge on any atom is 0.511 e. The number of nitrogens with zero attached hydrogens (tertiary/aromatic N) is 1. The van der Waals surface area contributed by atoms with E-state index >= 15 is 0 Å². The fraction of sp³-hybridized carbons (Fsp3) is 1.00. The van der Waals surface area contributed by atoms with E-state index in [1.54, 1.807) is 0 Å². The fourth-order valence-electron chi connectivity index (χ4n) is 0.881. The van der Waals surface area contributed by atoms with Crippen molar-refractivity contribution < 1.29 is 39.2 Å². The van der Waals surface area contributed by atoms with Crippen LogP contribution in [0.4, 0.5) is 26.3 Å². The van der Waals surface area contributed by atoms with Crippen molar-refractivity contribution in [3.8, 4) is 0 Å². The predicted octanol–water partition coefficient (Wildman–Crippen LogP) is 2.05. The van der Waals surface area contributed by atoms with Gasteiger partial charge in [-0.2, -0.15) is 26.3 Å². The summed E-state index contributed by atoms with van der Waals surface area (Å²) >= 11 is 0. The van der Waals surface area contributed by atoms with Gasteiger partial charge in [-0.25, -0.2) is 8.42 Å². The van der Waals surface area contributed by atoms with E-state index in [-0.39, 0.29) is 0 Å². The zero-order valence-corrected chi connectivity index (χ0v) is 11.7. The van der Waals surface area contributed by atoms with Crippen LogP contribution in [0.3, 0.4) is 0 Å². The molecule has 0 unspecified atom stereocenters. The number of rotatable bonds is 3. The minimum Gasteiger partial charge on any atom is -0.331 e. The highest BCUT2D eigenvalue weighted by Crippen LogP contribution is 2.25. The Kier molecular flexibility index (Phi) is 7.38. The van der Waals surface area contributed by atoms with E-state index < -0.39 is 26.6 Å². The molecule has 0 aromatic rings. The number of nitrogens with one attached hydrogen (secondary N) is 1. The summed E-state index contributed by atoms with van der Waals surface area (Å²) in [5.74, 6) is 0. The second-order valence-corrected chi connectivity index (χ2v) is 6.24. The van der Waals surface area contributed by atoms with Crippen LogP contribution in [-0.2, 0) is 10.0 Å². The highest BCUT2D eigenvalue weighted by atomic mass is 32.2. The lowest BCUT2D eigenvalue weighted by Crippen LogP contribution is -2.44. The van der Waals surface area contributed by atoms with Gasteiger partial charge in [0.25, 0.3) is 0 Å². The average Bonchev–Trinajstić information content (AvgIpc) is 1.94. The summed E-state index contributed by atoms with van der Waals surface area (Å²) in [4.78, 5) is 0. The molecule has 1 N–H and O–H groups in total. The normalized spacial score (nSPS) is 13.8. The van der Waals surface area contributed by atoms with Crippen LogP contribution in [0.15, 0.2) is 0 Å². The first-order chi connectivity index (χ1) is 8.02. The highest BCUT2D eigenvalue weighted by Gasteiger charge is 2.51. The summed E-state index contributed by atoms with van der Waals surface area (Å²) in [7, 11) is 0.305. The van der Waals surface area contributed by atoms with E-state index in [0.29, 0.717) is 0 Å². The molecule has 0 saturated heterocycles. The molecule has 0 aliphatic heterocycles. The van der Waals surface area contributed by atoms with Gasteiger partial charge < -0.3 is 4.48 Å². The predicted molar refractivity (Wildman–Crippen MR) is 57.4 cm³/mol. The van der Waals surface area contributed by atoms with Crippen molar-refractivity contribution in [1.29, 1.82) is 0 Å². The highest BCUT2D eigenvalue weighted by molar-refractivity contribution is 7.90. The van der Waals surface area contributed by atoms with E-state index in [2.05, 4.69) is 28.1 Å². The van der Waals surface area contributed by atoms with Gasteiger partial charge in [0.05, 0.1) is 27.7 Å². The Morgan fingerprint density at radius 2 is 1.37 bits per heavy atom. The Morgan fingerprint density at radius 3 is 1.42 bits per heavy atom. The third kappa shape index (κ3) is 12.2. The van der Waals surface area contributed by atoms with E-state index in [9.17, 15) is 34.8 Å². The summed E-state index contributed by atoms with van der Waals surface area (Å²) < 4.78 is 86.9. The lowest BCUT2D eigenvalue weighted by molar-refractivity contribution is -0.870. The summed E-state index contributed by atoms with van der Waals surface area (Å²) in [5, 5.41) is 0. The number of sulfonamides is 1. The Hall–Kier alpha value is -0.550. The van der Waals surface area contributed by atoms with Gasteiger partial charge in [0.1, 0.15) is 0 Å². The number of alkyl halides is 6. The summed E-state index contributed by atoms with van der Waals surface area (Å²) in [5.41, 5.74) is -5.96. The number of hydrogen-bond donors (Lipinski definition) is 1. The second-order valence-electron chi connectivity index (χ2n) is 4.56. The maximum atomic E-state index is 11.2. The lowest BCUT2D eigenvalue weighted by Gasteiger charge is -2.22. The first-order valence-corrected chi connectivity index (χ1v) is 6.47. The Morgan fingerprint density at radius 1 is 1.00 bits per heavy atom. The topological polar surface area (TPSA) is 46.2 Å². The molecule has 0 saturated carbocycles. The molecule has 0 spiro atoms. The van der Waals surface area contributed by atoms with Gasteiger partial charge in [0.15, 0.2) is 0 Å². The maximum absolute atomic E-state index is 11.2. The van der Waals surface area contributed by atoms with Crippen molar-refractivity contribution in [2.24, 2.45) is 0 Å². The van der Waals surface area contributed by atoms with Gasteiger partial charge in [-0.05, 0) is 6.42 Å². The molecule has 0 fully saturated rings. The molecule has 0 aliphatic rings. The number of quaternary nitrogens is 1. The van der Waals surface area contributed by atoms with E-state index in [1.165, 1.54) is 13.0 Å². The van der Waals surface area contributed by atoms with Gasteiger partial charge in [-0.3, -0.25) is 0 Å². The molecular weight excluding hydrogens is 302 g/mol. The third-order valence-corrected chi connectivity index (χ3v) is 2.56. The van der Waals surface area contributed by atoms with Crippen LogP contribution in [-0.4, -0.2) is 52.4 Å². The van der Waals surface area contributed by atoms with Crippen molar-refractivity contribution in [2.75, 3.05) is 27.7 Å². The van der Waals surface area contributed by atoms with Gasteiger partial charge in [-0.15, -0.1) is 4.72 Å². The summed E-state index contributed by atoms with van der Waals surface area (Å²) in [6.07, 6.45) is -4.34. The Balaban J connectivity index is 0. The monoisotopic (exact) mass is 319 g/mol. The average molecular weight is 319 g/mol. The fourth-order valence-corrected chi connectivity index (χ4v) is 1.30. The first-order valence-electron chi connectivity index (χ1n) is 4.99. The summed E-state index contributed by atoms with van der Waals surface area (Å²) in [6.45, 7) is 3.49. The van der Waals surface area contributed by atoms with E-state index in [1.807, 2.05) is 0 Å². The molecule has 19 heavy (non-hydrogen) atoms. The van der Waals surface area contributed by atoms with Crippen molar-refractivity contribution in [2.45, 2.75) is 25.2 Å². The van der Waals surface area contributed by atoms with Crippen molar-refractivity contribution in [3.63, 3.8) is 0 Å². The molecule has 11 heteroatoms. The molecule has 0 radical (unpaired) electrons. The lowest BCUT2D eigenvalue weighted by atomic mass is 10.4. The zero-order chi connectivity index (χ0) is 16.1. The zero-order valence-electron chi connectivity index (χ0n) is 10.9. The minimum atomic E-state index is -6.33. The molecule has 0 bridgehead atoms. The molecule has 0 aromatic heterocycles. The Labute approximate surface area is 108 Å². The van der Waals surface area contributed by atoms with Crippen molar-refractivity contribution in [1.82, 2.24) is 4.72 Å². The van der Waals surface area contributed by atoms with Crippen molar-refractivity contribution in [3.05, 3.63) is 0 Å². The standard InChI is InChI=1S/C6H16N.C2HF6NO2S/c1-5-6-7(2,3)4;3-1(4,5)9-12(10,11)2(6,7)8/h5-6H2,1-4H3;9H/q+1;. The van der Waals surface area contributed by atoms with Gasteiger partial charge in [0.2, 0.25) is 0 Å². The van der Waals surface area contributed by atoms with Crippen molar-refractivity contribution >= 4 is 10.0 Å². The second kappa shape index (κ2) is 6.75.